The number of carbonyl (C=O) groups excluding carboxylic acids is 1. The third-order valence-corrected chi connectivity index (χ3v) is 3.58. The molecule has 1 aromatic carbocycles. The van der Waals surface area contributed by atoms with E-state index in [4.69, 9.17) is 10.4 Å². The van der Waals surface area contributed by atoms with E-state index in [1.807, 2.05) is 6.07 Å². The molecule has 22 heavy (non-hydrogen) atoms. The largest absolute Gasteiger partial charge is 0.481 e. The number of likely N-dealkylation sites (tertiary alicyclic amines) is 1. The molecule has 0 radical (unpaired) electrons. The van der Waals surface area contributed by atoms with Crippen LogP contribution in [0.15, 0.2) is 24.3 Å². The number of nitriles is 1. The lowest BCUT2D eigenvalue weighted by atomic mass is 9.96. The van der Waals surface area contributed by atoms with Gasteiger partial charge in [0, 0.05) is 18.7 Å². The van der Waals surface area contributed by atoms with Crippen molar-refractivity contribution in [1.29, 1.82) is 5.26 Å². The van der Waals surface area contributed by atoms with E-state index in [2.05, 4.69) is 0 Å². The zero-order valence-corrected chi connectivity index (χ0v) is 11.2. The summed E-state index contributed by atoms with van der Waals surface area (Å²) in [5.74, 6) is -6.06. The average molecular weight is 312 g/mol. The normalized spacial score (nSPS) is 21.5. The van der Waals surface area contributed by atoms with Gasteiger partial charge in [-0.25, -0.2) is 0 Å². The molecule has 0 spiro atoms. The summed E-state index contributed by atoms with van der Waals surface area (Å²) in [6.45, 7) is -1.20. The van der Waals surface area contributed by atoms with Crippen LogP contribution in [0.4, 0.5) is 13.2 Å². The summed E-state index contributed by atoms with van der Waals surface area (Å²) >= 11 is 0. The summed E-state index contributed by atoms with van der Waals surface area (Å²) < 4.78 is 38.7. The van der Waals surface area contributed by atoms with Crippen LogP contribution in [0.25, 0.3) is 0 Å². The van der Waals surface area contributed by atoms with E-state index in [-0.39, 0.29) is 11.1 Å². The molecule has 8 heteroatoms. The molecule has 0 saturated carbocycles. The molecule has 5 nitrogen and oxygen atoms in total. The third-order valence-electron chi connectivity index (χ3n) is 3.58. The van der Waals surface area contributed by atoms with Gasteiger partial charge in [-0.2, -0.15) is 18.4 Å². The van der Waals surface area contributed by atoms with Crippen molar-refractivity contribution < 1.29 is 27.9 Å². The Morgan fingerprint density at radius 1 is 1.32 bits per heavy atom. The van der Waals surface area contributed by atoms with E-state index in [0.717, 1.165) is 4.90 Å². The number of benzene rings is 1. The van der Waals surface area contributed by atoms with Crippen molar-refractivity contribution in [3.05, 3.63) is 35.4 Å². The number of hydrogen-bond acceptors (Lipinski definition) is 3. The molecule has 1 aliphatic rings. The van der Waals surface area contributed by atoms with Crippen molar-refractivity contribution in [2.75, 3.05) is 13.1 Å². The zero-order valence-electron chi connectivity index (χ0n) is 11.2. The molecule has 1 heterocycles. The summed E-state index contributed by atoms with van der Waals surface area (Å²) in [7, 11) is 0. The van der Waals surface area contributed by atoms with E-state index >= 15 is 0 Å². The lowest BCUT2D eigenvalue weighted by molar-refractivity contribution is -0.187. The minimum Gasteiger partial charge on any atom is -0.481 e. The summed E-state index contributed by atoms with van der Waals surface area (Å²) in [5, 5.41) is 17.7. The van der Waals surface area contributed by atoms with Gasteiger partial charge in [0.05, 0.1) is 23.5 Å². The van der Waals surface area contributed by atoms with Crippen molar-refractivity contribution in [2.45, 2.75) is 6.18 Å². The van der Waals surface area contributed by atoms with Gasteiger partial charge in [0.15, 0.2) is 0 Å². The zero-order chi connectivity index (χ0) is 16.5. The average Bonchev–Trinajstić information content (AvgIpc) is 2.92. The number of halogens is 3. The molecule has 116 valence electrons. The summed E-state index contributed by atoms with van der Waals surface area (Å²) in [5.41, 5.74) is 0.262. The van der Waals surface area contributed by atoms with Crippen molar-refractivity contribution in [3.63, 3.8) is 0 Å². The number of carbonyl (C=O) groups is 2. The molecule has 0 aromatic heterocycles. The maximum absolute atomic E-state index is 12.9. The van der Waals surface area contributed by atoms with Crippen molar-refractivity contribution in [3.8, 4) is 6.07 Å². The van der Waals surface area contributed by atoms with Crippen molar-refractivity contribution in [2.24, 2.45) is 11.8 Å². The van der Waals surface area contributed by atoms with Crippen LogP contribution < -0.4 is 0 Å². The molecule has 1 N–H and O–H groups in total. The molecule has 1 aromatic rings. The van der Waals surface area contributed by atoms with Crippen LogP contribution in [0.1, 0.15) is 15.9 Å². The third kappa shape index (κ3) is 3.03. The number of aliphatic carboxylic acids is 1. The lowest BCUT2D eigenvalue weighted by Crippen LogP contribution is -2.34. The summed E-state index contributed by atoms with van der Waals surface area (Å²) in [6, 6.07) is 7.37. The molecule has 1 fully saturated rings. The minimum absolute atomic E-state index is 0.0611. The van der Waals surface area contributed by atoms with Crippen LogP contribution in [-0.4, -0.2) is 41.1 Å². The number of hydrogen-bond donors (Lipinski definition) is 1. The van der Waals surface area contributed by atoms with Gasteiger partial charge in [0.1, 0.15) is 0 Å². The monoisotopic (exact) mass is 312 g/mol. The molecule has 2 rings (SSSR count). The number of rotatable bonds is 2. The van der Waals surface area contributed by atoms with Crippen LogP contribution in [0.5, 0.6) is 0 Å². The second kappa shape index (κ2) is 5.67. The summed E-state index contributed by atoms with van der Waals surface area (Å²) in [4.78, 5) is 24.1. The maximum atomic E-state index is 12.9. The standard InChI is InChI=1S/C14H11F3N2O3/c15-14(16,17)11-7-19(6-10(11)13(21)22)12(20)9-3-1-2-8(4-9)5-18/h1-4,10-11H,6-7H2,(H,21,22)/t10-,11-/m1/s1. The maximum Gasteiger partial charge on any atom is 0.394 e. The first kappa shape index (κ1) is 15.8. The molecule has 1 saturated heterocycles. The molecular weight excluding hydrogens is 301 g/mol. The highest BCUT2D eigenvalue weighted by Crippen LogP contribution is 2.38. The van der Waals surface area contributed by atoms with Crippen LogP contribution in [0, 0.1) is 23.2 Å². The Balaban J connectivity index is 2.25. The molecule has 2 atom stereocenters. The van der Waals surface area contributed by atoms with E-state index in [9.17, 15) is 22.8 Å². The predicted molar refractivity (Wildman–Crippen MR) is 67.7 cm³/mol. The Labute approximate surface area is 123 Å². The summed E-state index contributed by atoms with van der Waals surface area (Å²) in [6.07, 6.45) is -4.69. The van der Waals surface area contributed by atoms with E-state index < -0.39 is 43.0 Å². The van der Waals surface area contributed by atoms with Crippen LogP contribution in [-0.2, 0) is 4.79 Å². The molecule has 0 unspecified atom stereocenters. The van der Waals surface area contributed by atoms with Gasteiger partial charge in [-0.15, -0.1) is 0 Å². The topological polar surface area (TPSA) is 81.4 Å². The molecule has 1 amide bonds. The first-order chi connectivity index (χ1) is 10.2. The van der Waals surface area contributed by atoms with Gasteiger partial charge in [0.2, 0.25) is 0 Å². The van der Waals surface area contributed by atoms with Gasteiger partial charge in [-0.3, -0.25) is 9.59 Å². The smallest absolute Gasteiger partial charge is 0.394 e. The number of carboxylic acids is 1. The fourth-order valence-corrected chi connectivity index (χ4v) is 2.46. The molecule has 1 aliphatic heterocycles. The fraction of sp³-hybridized carbons (Fsp3) is 0.357. The SMILES string of the molecule is N#Cc1cccc(C(=O)N2C[C@@H](C(F)(F)F)[C@H](C(=O)O)C2)c1. The Kier molecular flexibility index (Phi) is 4.08. The molecule has 0 bridgehead atoms. The fourth-order valence-electron chi connectivity index (χ4n) is 2.46. The van der Waals surface area contributed by atoms with Gasteiger partial charge in [-0.05, 0) is 18.2 Å². The van der Waals surface area contributed by atoms with Crippen LogP contribution in [0.2, 0.25) is 0 Å². The Morgan fingerprint density at radius 3 is 2.50 bits per heavy atom. The van der Waals surface area contributed by atoms with E-state index in [0.29, 0.717) is 0 Å². The highest BCUT2D eigenvalue weighted by atomic mass is 19.4. The van der Waals surface area contributed by atoms with Crippen molar-refractivity contribution >= 4 is 11.9 Å². The first-order valence-electron chi connectivity index (χ1n) is 6.33. The highest BCUT2D eigenvalue weighted by molar-refractivity contribution is 5.95. The Bertz CT molecular complexity index is 651. The predicted octanol–water partition coefficient (Wildman–Crippen LogP) is 1.89. The van der Waals surface area contributed by atoms with Crippen LogP contribution >= 0.6 is 0 Å². The van der Waals surface area contributed by atoms with Gasteiger partial charge < -0.3 is 10.0 Å². The minimum atomic E-state index is -4.69. The van der Waals surface area contributed by atoms with Gasteiger partial charge in [0.25, 0.3) is 5.91 Å². The lowest BCUT2D eigenvalue weighted by Gasteiger charge is -2.18. The highest BCUT2D eigenvalue weighted by Gasteiger charge is 2.53. The number of amides is 1. The van der Waals surface area contributed by atoms with Gasteiger partial charge in [-0.1, -0.05) is 6.07 Å². The van der Waals surface area contributed by atoms with Crippen molar-refractivity contribution in [1.82, 2.24) is 4.90 Å². The second-order valence-electron chi connectivity index (χ2n) is 5.00. The molecule has 0 aliphatic carbocycles. The number of nitrogens with zero attached hydrogens (tertiary/aromatic N) is 2. The van der Waals surface area contributed by atoms with Crippen LogP contribution in [0.3, 0.4) is 0 Å². The van der Waals surface area contributed by atoms with Gasteiger partial charge >= 0.3 is 12.1 Å². The number of carboxylic acid groups (broad SMARTS) is 1. The number of alkyl halides is 3. The Morgan fingerprint density at radius 2 is 2.00 bits per heavy atom. The molecular formula is C14H11F3N2O3. The second-order valence-corrected chi connectivity index (χ2v) is 5.00. The Hall–Kier alpha value is -2.56. The van der Waals surface area contributed by atoms with E-state index in [1.54, 1.807) is 0 Å². The quantitative estimate of drug-likeness (QED) is 0.904. The first-order valence-corrected chi connectivity index (χ1v) is 6.33. The van der Waals surface area contributed by atoms with E-state index in [1.165, 1.54) is 24.3 Å².